The van der Waals surface area contributed by atoms with Crippen LogP contribution in [0.3, 0.4) is 0 Å². The Morgan fingerprint density at radius 1 is 1.27 bits per heavy atom. The lowest BCUT2D eigenvalue weighted by Gasteiger charge is -2.34. The van der Waals surface area contributed by atoms with Crippen LogP contribution in [0.5, 0.6) is 0 Å². The van der Waals surface area contributed by atoms with Gasteiger partial charge in [-0.25, -0.2) is 4.99 Å². The van der Waals surface area contributed by atoms with Gasteiger partial charge in [-0.3, -0.25) is 9.79 Å². The van der Waals surface area contributed by atoms with Gasteiger partial charge in [0.05, 0.1) is 11.7 Å². The summed E-state index contributed by atoms with van der Waals surface area (Å²) in [7, 11) is 0. The molecule has 1 aromatic carbocycles. The molecule has 0 saturated carbocycles. The molecule has 0 spiro atoms. The van der Waals surface area contributed by atoms with Crippen LogP contribution in [0.2, 0.25) is 0 Å². The minimum absolute atomic E-state index is 0.0336. The summed E-state index contributed by atoms with van der Waals surface area (Å²) in [5, 5.41) is 2.97. The third-order valence-electron chi connectivity index (χ3n) is 5.87. The average Bonchev–Trinajstić information content (AvgIpc) is 3.17. The number of amidine groups is 2. The van der Waals surface area contributed by atoms with E-state index in [0.717, 1.165) is 55.8 Å². The Morgan fingerprint density at radius 2 is 2.09 bits per heavy atom. The number of benzene rings is 1. The maximum atomic E-state index is 12.3. The van der Waals surface area contributed by atoms with Crippen molar-refractivity contribution in [2.24, 2.45) is 21.5 Å². The van der Waals surface area contributed by atoms with Gasteiger partial charge in [-0.15, -0.1) is 0 Å². The first-order valence-corrected chi connectivity index (χ1v) is 11.5. The highest BCUT2D eigenvalue weighted by atomic mass is 16.1. The highest BCUT2D eigenvalue weighted by molar-refractivity contribution is 5.97. The number of fused-ring (bicyclic) bond motifs is 1. The predicted molar refractivity (Wildman–Crippen MR) is 136 cm³/mol. The lowest BCUT2D eigenvalue weighted by Crippen LogP contribution is -2.48. The molecule has 1 amide bonds. The van der Waals surface area contributed by atoms with Crippen molar-refractivity contribution in [3.05, 3.63) is 66.0 Å². The molecule has 2 aliphatic heterocycles. The number of nitrogens with two attached hydrogens (primary N) is 3. The SMILES string of the molecule is C=C1/C(=C\C=C/N)N=C(N)C2N=C(CCCC)N(CCCCNC(=O)c3cccc(N)c3)C12. The van der Waals surface area contributed by atoms with Crippen LogP contribution < -0.4 is 22.5 Å². The molecule has 0 radical (unpaired) electrons. The number of carbonyl (C=O) groups is 1. The van der Waals surface area contributed by atoms with Crippen LogP contribution in [-0.2, 0) is 0 Å². The second kappa shape index (κ2) is 11.4. The van der Waals surface area contributed by atoms with Gasteiger partial charge in [0.15, 0.2) is 0 Å². The van der Waals surface area contributed by atoms with Crippen LogP contribution >= 0.6 is 0 Å². The second-order valence-electron chi connectivity index (χ2n) is 8.32. The quantitative estimate of drug-likeness (QED) is 0.322. The zero-order valence-electron chi connectivity index (χ0n) is 19.3. The minimum Gasteiger partial charge on any atom is -0.405 e. The summed E-state index contributed by atoms with van der Waals surface area (Å²) in [5.74, 6) is 1.46. The number of unbranched alkanes of at least 4 members (excludes halogenated alkanes) is 2. The molecule has 0 aromatic heterocycles. The summed E-state index contributed by atoms with van der Waals surface area (Å²) in [6.45, 7) is 7.88. The van der Waals surface area contributed by atoms with Crippen LogP contribution in [0.25, 0.3) is 0 Å². The van der Waals surface area contributed by atoms with E-state index in [1.165, 1.54) is 6.20 Å². The summed E-state index contributed by atoms with van der Waals surface area (Å²) >= 11 is 0. The number of hydrogen-bond acceptors (Lipinski definition) is 7. The van der Waals surface area contributed by atoms with E-state index < -0.39 is 0 Å². The molecule has 1 aromatic rings. The number of aliphatic imine (C=N–C) groups is 2. The largest absolute Gasteiger partial charge is 0.405 e. The standard InChI is InChI=1S/C25H35N7O/c1-3-4-12-21-31-22-23(17(2)20(11-8-13-26)30-24(22)28)32(21)15-6-5-14-29-25(33)18-9-7-10-19(27)16-18/h7-11,13,16,22-23H,2-6,12,14-15,26-27H2,1H3,(H2,28,30)(H,29,33)/b13-8-,20-11+. The topological polar surface area (TPSA) is 135 Å². The fourth-order valence-corrected chi connectivity index (χ4v) is 4.16. The molecule has 2 unspecified atom stereocenters. The number of carbonyl (C=O) groups excluding carboxylic acids is 1. The molecule has 0 saturated heterocycles. The van der Waals surface area contributed by atoms with E-state index in [1.54, 1.807) is 30.3 Å². The second-order valence-corrected chi connectivity index (χ2v) is 8.32. The fourth-order valence-electron chi connectivity index (χ4n) is 4.16. The van der Waals surface area contributed by atoms with Gasteiger partial charge in [-0.05, 0) is 61.4 Å². The van der Waals surface area contributed by atoms with Crippen molar-refractivity contribution in [1.82, 2.24) is 10.2 Å². The molecule has 0 bridgehead atoms. The van der Waals surface area contributed by atoms with E-state index in [9.17, 15) is 4.79 Å². The number of rotatable bonds is 10. The Bertz CT molecular complexity index is 992. The Morgan fingerprint density at radius 3 is 2.82 bits per heavy atom. The van der Waals surface area contributed by atoms with Gasteiger partial charge in [0.25, 0.3) is 5.91 Å². The average molecular weight is 450 g/mol. The van der Waals surface area contributed by atoms with E-state index in [-0.39, 0.29) is 18.0 Å². The molecule has 8 nitrogen and oxygen atoms in total. The molecule has 0 fully saturated rings. The lowest BCUT2D eigenvalue weighted by molar-refractivity contribution is 0.0952. The molecule has 2 heterocycles. The molecule has 2 aliphatic rings. The number of nitrogens with zero attached hydrogens (tertiary/aromatic N) is 3. The molecule has 8 heteroatoms. The summed E-state index contributed by atoms with van der Waals surface area (Å²) in [6, 6.07) is 6.75. The van der Waals surface area contributed by atoms with E-state index in [1.807, 2.05) is 6.08 Å². The normalized spacial score (nSPS) is 21.3. The van der Waals surface area contributed by atoms with Crippen LogP contribution in [-0.4, -0.2) is 47.7 Å². The van der Waals surface area contributed by atoms with Crippen molar-refractivity contribution in [1.29, 1.82) is 0 Å². The van der Waals surface area contributed by atoms with E-state index in [2.05, 4.69) is 28.7 Å². The Kier molecular flexibility index (Phi) is 8.29. The Balaban J connectivity index is 1.62. The molecular formula is C25H35N7O. The maximum Gasteiger partial charge on any atom is 0.251 e. The zero-order valence-corrected chi connectivity index (χ0v) is 19.3. The van der Waals surface area contributed by atoms with Gasteiger partial charge < -0.3 is 27.4 Å². The lowest BCUT2D eigenvalue weighted by atomic mass is 9.93. The fraction of sp³-hybridized carbons (Fsp3) is 0.400. The number of nitrogen functional groups attached to an aromatic ring is 1. The van der Waals surface area contributed by atoms with Crippen LogP contribution in [0.1, 0.15) is 49.4 Å². The molecule has 0 aliphatic carbocycles. The third-order valence-corrected chi connectivity index (χ3v) is 5.87. The third kappa shape index (κ3) is 5.83. The van der Waals surface area contributed by atoms with Crippen molar-refractivity contribution >= 4 is 23.3 Å². The highest BCUT2D eigenvalue weighted by Crippen LogP contribution is 2.33. The summed E-state index contributed by atoms with van der Waals surface area (Å²) in [6.07, 6.45) is 9.83. The first-order chi connectivity index (χ1) is 16.0. The van der Waals surface area contributed by atoms with E-state index in [0.29, 0.717) is 23.6 Å². The van der Waals surface area contributed by atoms with Crippen LogP contribution in [0.15, 0.2) is 70.5 Å². The summed E-state index contributed by atoms with van der Waals surface area (Å²) in [4.78, 5) is 24.1. The number of amides is 1. The Hall–Kier alpha value is -3.55. The molecule has 176 valence electrons. The molecule has 3 rings (SSSR count). The summed E-state index contributed by atoms with van der Waals surface area (Å²) in [5.41, 5.74) is 20.3. The van der Waals surface area contributed by atoms with Gasteiger partial charge >= 0.3 is 0 Å². The van der Waals surface area contributed by atoms with Gasteiger partial charge in [-0.2, -0.15) is 0 Å². The van der Waals surface area contributed by atoms with Crippen molar-refractivity contribution in [3.8, 4) is 0 Å². The van der Waals surface area contributed by atoms with E-state index in [4.69, 9.17) is 22.2 Å². The number of allylic oxidation sites excluding steroid dienone is 2. The smallest absolute Gasteiger partial charge is 0.251 e. The Labute approximate surface area is 196 Å². The first-order valence-electron chi connectivity index (χ1n) is 11.5. The molecule has 7 N–H and O–H groups in total. The van der Waals surface area contributed by atoms with Crippen LogP contribution in [0, 0.1) is 0 Å². The van der Waals surface area contributed by atoms with Crippen LogP contribution in [0.4, 0.5) is 5.69 Å². The highest BCUT2D eigenvalue weighted by Gasteiger charge is 2.42. The summed E-state index contributed by atoms with van der Waals surface area (Å²) < 4.78 is 0. The van der Waals surface area contributed by atoms with Gasteiger partial charge in [0, 0.05) is 30.8 Å². The molecule has 2 atom stereocenters. The van der Waals surface area contributed by atoms with Crippen molar-refractivity contribution < 1.29 is 4.79 Å². The number of nitrogens with one attached hydrogen (secondary N) is 1. The van der Waals surface area contributed by atoms with E-state index >= 15 is 0 Å². The number of hydrogen-bond donors (Lipinski definition) is 4. The van der Waals surface area contributed by atoms with Crippen molar-refractivity contribution in [2.45, 2.75) is 51.1 Å². The molecular weight excluding hydrogens is 414 g/mol. The maximum absolute atomic E-state index is 12.3. The van der Waals surface area contributed by atoms with Crippen molar-refractivity contribution in [2.75, 3.05) is 18.8 Å². The van der Waals surface area contributed by atoms with Gasteiger partial charge in [0.1, 0.15) is 17.7 Å². The van der Waals surface area contributed by atoms with Gasteiger partial charge in [-0.1, -0.05) is 26.0 Å². The van der Waals surface area contributed by atoms with Gasteiger partial charge in [0.2, 0.25) is 0 Å². The monoisotopic (exact) mass is 449 g/mol. The molecule has 33 heavy (non-hydrogen) atoms. The minimum atomic E-state index is -0.202. The first kappa shape index (κ1) is 24.1. The predicted octanol–water partition coefficient (Wildman–Crippen LogP) is 2.70. The zero-order chi connectivity index (χ0) is 23.8. The van der Waals surface area contributed by atoms with Crippen molar-refractivity contribution in [3.63, 3.8) is 0 Å². The number of anilines is 1.